The minimum atomic E-state index is -1.07. The van der Waals surface area contributed by atoms with Gasteiger partial charge in [0, 0.05) is 26.7 Å². The molecule has 0 atom stereocenters. The predicted molar refractivity (Wildman–Crippen MR) is 160 cm³/mol. The average Bonchev–Trinajstić information content (AvgIpc) is 2.99. The summed E-state index contributed by atoms with van der Waals surface area (Å²) in [5, 5.41) is 12.9. The van der Waals surface area contributed by atoms with Crippen molar-refractivity contribution in [2.24, 2.45) is 0 Å². The number of esters is 1. The molecule has 0 fully saturated rings. The second-order valence-electron chi connectivity index (χ2n) is 9.20. The summed E-state index contributed by atoms with van der Waals surface area (Å²) < 4.78 is 7.33. The van der Waals surface area contributed by atoms with Gasteiger partial charge in [-0.15, -0.1) is 0 Å². The quantitative estimate of drug-likeness (QED) is 0.212. The van der Waals surface area contributed by atoms with E-state index in [0.717, 1.165) is 15.6 Å². The topological polar surface area (TPSA) is 115 Å². The molecule has 0 aliphatic carbocycles. The van der Waals surface area contributed by atoms with Crippen LogP contribution in [0.5, 0.6) is 0 Å². The summed E-state index contributed by atoms with van der Waals surface area (Å²) in [6.45, 7) is 0.0833. The first-order valence-electron chi connectivity index (χ1n) is 12.5. The van der Waals surface area contributed by atoms with E-state index in [2.05, 4.69) is 21.2 Å². The Balaban J connectivity index is 1.52. The maximum absolute atomic E-state index is 13.8. The molecule has 0 bridgehead atoms. The van der Waals surface area contributed by atoms with Crippen molar-refractivity contribution < 1.29 is 24.2 Å². The minimum absolute atomic E-state index is 0.0833. The molecule has 0 radical (unpaired) electrons. The fraction of sp³-hybridized carbons (Fsp3) is 0.0625. The zero-order valence-corrected chi connectivity index (χ0v) is 23.3. The standard InChI is InChI=1S/C32H23BrN2O6/c1-41-32(40)28-27(20-5-3-2-4-6-20)26-17-23(33)13-16-25(26)30(37)35(28)18-19-7-14-24(15-8-19)34-29(36)21-9-11-22(12-10-21)31(38)39/h2-17H,18H2,1H3,(H,34,36)(H,38,39). The number of carboxylic acid groups (broad SMARTS) is 1. The Bertz CT molecular complexity index is 1850. The monoisotopic (exact) mass is 610 g/mol. The van der Waals surface area contributed by atoms with E-state index in [4.69, 9.17) is 9.84 Å². The minimum Gasteiger partial charge on any atom is -0.478 e. The molecule has 1 heterocycles. The molecule has 2 N–H and O–H groups in total. The largest absolute Gasteiger partial charge is 0.478 e. The molecule has 0 unspecified atom stereocenters. The van der Waals surface area contributed by atoms with Gasteiger partial charge in [0.1, 0.15) is 5.69 Å². The number of amides is 1. The van der Waals surface area contributed by atoms with E-state index in [1.807, 2.05) is 36.4 Å². The van der Waals surface area contributed by atoms with E-state index < -0.39 is 17.8 Å². The Kier molecular flexibility index (Phi) is 7.80. The molecular formula is C32H23BrN2O6. The average molecular weight is 611 g/mol. The van der Waals surface area contributed by atoms with E-state index >= 15 is 0 Å². The fourth-order valence-corrected chi connectivity index (χ4v) is 4.98. The molecule has 0 aliphatic rings. The summed E-state index contributed by atoms with van der Waals surface area (Å²) in [5.74, 6) is -2.11. The van der Waals surface area contributed by atoms with Crippen LogP contribution in [0.25, 0.3) is 21.9 Å². The van der Waals surface area contributed by atoms with Crippen LogP contribution in [0.15, 0.2) is 106 Å². The Morgan fingerprint density at radius 2 is 1.51 bits per heavy atom. The first-order valence-corrected chi connectivity index (χ1v) is 13.3. The lowest BCUT2D eigenvalue weighted by molar-refractivity contribution is 0.0587. The van der Waals surface area contributed by atoms with E-state index in [1.165, 1.54) is 35.9 Å². The van der Waals surface area contributed by atoms with Crippen LogP contribution in [0.3, 0.4) is 0 Å². The van der Waals surface area contributed by atoms with E-state index in [9.17, 15) is 19.2 Å². The van der Waals surface area contributed by atoms with Gasteiger partial charge in [-0.3, -0.25) is 14.2 Å². The maximum atomic E-state index is 13.8. The molecule has 41 heavy (non-hydrogen) atoms. The number of halogens is 1. The first-order chi connectivity index (χ1) is 19.8. The summed E-state index contributed by atoms with van der Waals surface area (Å²) in [7, 11) is 1.28. The number of carbonyl (C=O) groups excluding carboxylic acids is 2. The van der Waals surface area contributed by atoms with Gasteiger partial charge < -0.3 is 15.2 Å². The van der Waals surface area contributed by atoms with Crippen LogP contribution >= 0.6 is 15.9 Å². The summed E-state index contributed by atoms with van der Waals surface area (Å²) >= 11 is 3.48. The molecular weight excluding hydrogens is 588 g/mol. The third-order valence-corrected chi connectivity index (χ3v) is 7.11. The predicted octanol–water partition coefficient (Wildman–Crippen LogP) is 6.22. The molecule has 0 aliphatic heterocycles. The molecule has 204 valence electrons. The Labute approximate surface area is 243 Å². The van der Waals surface area contributed by atoms with Crippen molar-refractivity contribution in [3.8, 4) is 11.1 Å². The second-order valence-corrected chi connectivity index (χ2v) is 10.1. The number of methoxy groups -OCH3 is 1. The molecule has 1 aromatic heterocycles. The number of nitrogens with zero attached hydrogens (tertiary/aromatic N) is 1. The molecule has 1 amide bonds. The first kappa shape index (κ1) is 27.5. The molecule has 9 heteroatoms. The fourth-order valence-electron chi connectivity index (χ4n) is 4.62. The highest BCUT2D eigenvalue weighted by atomic mass is 79.9. The zero-order valence-electron chi connectivity index (χ0n) is 21.8. The highest BCUT2D eigenvalue weighted by molar-refractivity contribution is 9.10. The van der Waals surface area contributed by atoms with Crippen molar-refractivity contribution in [3.63, 3.8) is 0 Å². The highest BCUT2D eigenvalue weighted by Gasteiger charge is 2.24. The van der Waals surface area contributed by atoms with E-state index in [-0.39, 0.29) is 23.4 Å². The maximum Gasteiger partial charge on any atom is 0.355 e. The van der Waals surface area contributed by atoms with E-state index in [0.29, 0.717) is 27.6 Å². The van der Waals surface area contributed by atoms with Crippen molar-refractivity contribution in [1.82, 2.24) is 4.57 Å². The van der Waals surface area contributed by atoms with Crippen molar-refractivity contribution in [2.75, 3.05) is 12.4 Å². The molecule has 5 rings (SSSR count). The smallest absolute Gasteiger partial charge is 0.355 e. The molecule has 0 saturated heterocycles. The van der Waals surface area contributed by atoms with Gasteiger partial charge in [0.05, 0.1) is 19.2 Å². The third-order valence-electron chi connectivity index (χ3n) is 6.62. The van der Waals surface area contributed by atoms with E-state index in [1.54, 1.807) is 36.4 Å². The lowest BCUT2D eigenvalue weighted by Crippen LogP contribution is -2.28. The molecule has 8 nitrogen and oxygen atoms in total. The van der Waals surface area contributed by atoms with Crippen molar-refractivity contribution in [2.45, 2.75) is 6.54 Å². The van der Waals surface area contributed by atoms with Crippen LogP contribution in [-0.4, -0.2) is 34.6 Å². The SMILES string of the molecule is COC(=O)c1c(-c2ccccc2)c2cc(Br)ccc2c(=O)n1Cc1ccc(NC(=O)c2ccc(C(=O)O)cc2)cc1. The number of hydrogen-bond acceptors (Lipinski definition) is 5. The molecule has 4 aromatic carbocycles. The number of benzene rings is 4. The Hall–Kier alpha value is -5.02. The van der Waals surface area contributed by atoms with Gasteiger partial charge in [-0.25, -0.2) is 9.59 Å². The van der Waals surface area contributed by atoms with Crippen LogP contribution < -0.4 is 10.9 Å². The lowest BCUT2D eigenvalue weighted by Gasteiger charge is -2.19. The van der Waals surface area contributed by atoms with Gasteiger partial charge >= 0.3 is 11.9 Å². The summed E-state index contributed by atoms with van der Waals surface area (Å²) in [5.41, 5.74) is 2.77. The van der Waals surface area contributed by atoms with Gasteiger partial charge in [-0.05, 0) is 71.1 Å². The Morgan fingerprint density at radius 1 is 0.854 bits per heavy atom. The number of rotatable bonds is 7. The number of aromatic nitrogens is 1. The van der Waals surface area contributed by atoms with Crippen molar-refractivity contribution in [3.05, 3.63) is 134 Å². The molecule has 5 aromatic rings. The highest BCUT2D eigenvalue weighted by Crippen LogP contribution is 2.33. The molecule has 0 spiro atoms. The number of carboxylic acids is 1. The van der Waals surface area contributed by atoms with Gasteiger partial charge in [0.15, 0.2) is 0 Å². The van der Waals surface area contributed by atoms with Gasteiger partial charge in [-0.1, -0.05) is 58.4 Å². The van der Waals surface area contributed by atoms with Crippen LogP contribution in [0.1, 0.15) is 36.8 Å². The number of aromatic carboxylic acids is 1. The summed E-state index contributed by atoms with van der Waals surface area (Å²) in [6, 6.07) is 27.2. The zero-order chi connectivity index (χ0) is 29.1. The summed E-state index contributed by atoms with van der Waals surface area (Å²) in [6.07, 6.45) is 0. The number of anilines is 1. The van der Waals surface area contributed by atoms with Crippen LogP contribution in [0, 0.1) is 0 Å². The van der Waals surface area contributed by atoms with Crippen LogP contribution in [0.4, 0.5) is 5.69 Å². The lowest BCUT2D eigenvalue weighted by atomic mass is 9.96. The van der Waals surface area contributed by atoms with Crippen LogP contribution in [-0.2, 0) is 11.3 Å². The normalized spacial score (nSPS) is 10.8. The molecule has 0 saturated carbocycles. The number of hydrogen-bond donors (Lipinski definition) is 2. The van der Waals surface area contributed by atoms with Crippen LogP contribution in [0.2, 0.25) is 0 Å². The van der Waals surface area contributed by atoms with Gasteiger partial charge in [-0.2, -0.15) is 0 Å². The number of pyridine rings is 1. The number of carbonyl (C=O) groups is 3. The Morgan fingerprint density at radius 3 is 2.15 bits per heavy atom. The number of nitrogens with one attached hydrogen (secondary N) is 1. The van der Waals surface area contributed by atoms with Gasteiger partial charge in [0.25, 0.3) is 11.5 Å². The van der Waals surface area contributed by atoms with Crippen molar-refractivity contribution in [1.29, 1.82) is 0 Å². The second kappa shape index (κ2) is 11.6. The number of ether oxygens (including phenoxy) is 1. The number of fused-ring (bicyclic) bond motifs is 1. The summed E-state index contributed by atoms with van der Waals surface area (Å²) in [4.78, 5) is 50.6. The third kappa shape index (κ3) is 5.66. The van der Waals surface area contributed by atoms with Gasteiger partial charge in [0.2, 0.25) is 0 Å². The van der Waals surface area contributed by atoms with Crippen molar-refractivity contribution >= 4 is 50.2 Å².